The molecule has 7 nitrogen and oxygen atoms in total. The Kier molecular flexibility index (Phi) is 6.40. The van der Waals surface area contributed by atoms with E-state index in [4.69, 9.17) is 9.84 Å². The lowest BCUT2D eigenvalue weighted by Crippen LogP contribution is -2.47. The molecular formula is C26H30N2O5. The number of carboxylic acids is 1. The number of benzene rings is 2. The van der Waals surface area contributed by atoms with Crippen molar-refractivity contribution in [2.45, 2.75) is 45.1 Å². The van der Waals surface area contributed by atoms with Crippen molar-refractivity contribution in [1.82, 2.24) is 10.6 Å². The van der Waals surface area contributed by atoms with Gasteiger partial charge in [0.15, 0.2) is 0 Å². The molecule has 1 saturated carbocycles. The van der Waals surface area contributed by atoms with Crippen LogP contribution in [0.3, 0.4) is 0 Å². The number of hydrogen-bond acceptors (Lipinski definition) is 4. The van der Waals surface area contributed by atoms with E-state index >= 15 is 0 Å². The highest BCUT2D eigenvalue weighted by atomic mass is 16.5. The summed E-state index contributed by atoms with van der Waals surface area (Å²) in [6.07, 6.45) is 1.10. The SMILES string of the molecule is CC(C)(CNC(=O)OCC1c2ccccc2-c2ccccc21)C(=O)N[C@H]1CC[C@@H](C(=O)O)C1. The summed E-state index contributed by atoms with van der Waals surface area (Å²) in [7, 11) is 0. The molecule has 174 valence electrons. The number of carbonyl (C=O) groups is 3. The largest absolute Gasteiger partial charge is 0.481 e. The average molecular weight is 451 g/mol. The predicted molar refractivity (Wildman–Crippen MR) is 124 cm³/mol. The predicted octanol–water partition coefficient (Wildman–Crippen LogP) is 3.92. The highest BCUT2D eigenvalue weighted by Gasteiger charge is 2.35. The highest BCUT2D eigenvalue weighted by molar-refractivity contribution is 5.83. The van der Waals surface area contributed by atoms with E-state index in [1.165, 1.54) is 0 Å². The minimum Gasteiger partial charge on any atom is -0.481 e. The Morgan fingerprint density at radius 1 is 1.00 bits per heavy atom. The number of hydrogen-bond donors (Lipinski definition) is 3. The lowest BCUT2D eigenvalue weighted by atomic mass is 9.91. The summed E-state index contributed by atoms with van der Waals surface area (Å²) >= 11 is 0. The second-order valence-electron chi connectivity index (χ2n) is 9.58. The third kappa shape index (κ3) is 4.87. The second kappa shape index (κ2) is 9.25. The van der Waals surface area contributed by atoms with E-state index < -0.39 is 23.4 Å². The Balaban J connectivity index is 1.29. The smallest absolute Gasteiger partial charge is 0.407 e. The van der Waals surface area contributed by atoms with Crippen LogP contribution < -0.4 is 10.6 Å². The fourth-order valence-electron chi connectivity index (χ4n) is 4.74. The molecule has 0 aromatic heterocycles. The Bertz CT molecular complexity index is 1020. The third-order valence-corrected chi connectivity index (χ3v) is 6.75. The van der Waals surface area contributed by atoms with E-state index in [9.17, 15) is 14.4 Å². The summed E-state index contributed by atoms with van der Waals surface area (Å²) in [5, 5.41) is 14.8. The minimum absolute atomic E-state index is 0.0241. The lowest BCUT2D eigenvalue weighted by Gasteiger charge is -2.26. The molecule has 0 radical (unpaired) electrons. The van der Waals surface area contributed by atoms with Crippen LogP contribution in [0.25, 0.3) is 11.1 Å². The van der Waals surface area contributed by atoms with Crippen molar-refractivity contribution in [3.63, 3.8) is 0 Å². The molecule has 2 amide bonds. The zero-order chi connectivity index (χ0) is 23.6. The van der Waals surface area contributed by atoms with Gasteiger partial charge in [-0.2, -0.15) is 0 Å². The topological polar surface area (TPSA) is 105 Å². The van der Waals surface area contributed by atoms with Gasteiger partial charge in [-0.1, -0.05) is 48.5 Å². The van der Waals surface area contributed by atoms with Crippen LogP contribution in [0.5, 0.6) is 0 Å². The van der Waals surface area contributed by atoms with Gasteiger partial charge in [0.2, 0.25) is 5.91 Å². The van der Waals surface area contributed by atoms with Crippen LogP contribution in [0.1, 0.15) is 50.2 Å². The number of ether oxygens (including phenoxy) is 1. The van der Waals surface area contributed by atoms with Crippen molar-refractivity contribution >= 4 is 18.0 Å². The maximum absolute atomic E-state index is 12.7. The van der Waals surface area contributed by atoms with Gasteiger partial charge in [0.1, 0.15) is 6.61 Å². The zero-order valence-electron chi connectivity index (χ0n) is 19.0. The van der Waals surface area contributed by atoms with Gasteiger partial charge in [-0.3, -0.25) is 9.59 Å². The number of aliphatic carboxylic acids is 1. The van der Waals surface area contributed by atoms with Gasteiger partial charge >= 0.3 is 12.1 Å². The van der Waals surface area contributed by atoms with E-state index in [2.05, 4.69) is 34.9 Å². The summed E-state index contributed by atoms with van der Waals surface area (Å²) in [4.78, 5) is 36.3. The summed E-state index contributed by atoms with van der Waals surface area (Å²) < 4.78 is 5.54. The Morgan fingerprint density at radius 2 is 1.61 bits per heavy atom. The van der Waals surface area contributed by atoms with Crippen molar-refractivity contribution in [3.8, 4) is 11.1 Å². The molecule has 0 bridgehead atoms. The van der Waals surface area contributed by atoms with Crippen LogP contribution in [0.15, 0.2) is 48.5 Å². The van der Waals surface area contributed by atoms with Crippen LogP contribution in [-0.4, -0.2) is 42.3 Å². The molecule has 3 N–H and O–H groups in total. The first kappa shape index (κ1) is 22.8. The Hall–Kier alpha value is -3.35. The van der Waals surface area contributed by atoms with E-state index in [-0.39, 0.29) is 31.0 Å². The highest BCUT2D eigenvalue weighted by Crippen LogP contribution is 2.44. The maximum Gasteiger partial charge on any atom is 0.407 e. The number of fused-ring (bicyclic) bond motifs is 3. The van der Waals surface area contributed by atoms with Gasteiger partial charge in [0.05, 0.1) is 11.3 Å². The van der Waals surface area contributed by atoms with Gasteiger partial charge < -0.3 is 20.5 Å². The molecule has 2 atom stereocenters. The molecule has 0 saturated heterocycles. The second-order valence-corrected chi connectivity index (χ2v) is 9.58. The first-order valence-corrected chi connectivity index (χ1v) is 11.4. The van der Waals surface area contributed by atoms with Crippen LogP contribution in [-0.2, 0) is 14.3 Å². The average Bonchev–Trinajstić information content (AvgIpc) is 3.39. The van der Waals surface area contributed by atoms with E-state index in [0.29, 0.717) is 19.3 Å². The normalized spacial score (nSPS) is 19.5. The summed E-state index contributed by atoms with van der Waals surface area (Å²) in [5.74, 6) is -1.46. The first-order valence-electron chi connectivity index (χ1n) is 11.4. The van der Waals surface area contributed by atoms with Crippen LogP contribution in [0.2, 0.25) is 0 Å². The lowest BCUT2D eigenvalue weighted by molar-refractivity contribution is -0.141. The molecule has 4 rings (SSSR count). The quantitative estimate of drug-likeness (QED) is 0.593. The molecule has 33 heavy (non-hydrogen) atoms. The van der Waals surface area contributed by atoms with Crippen molar-refractivity contribution in [2.24, 2.45) is 11.3 Å². The van der Waals surface area contributed by atoms with Crippen molar-refractivity contribution < 1.29 is 24.2 Å². The molecule has 0 heterocycles. The van der Waals surface area contributed by atoms with Crippen molar-refractivity contribution in [2.75, 3.05) is 13.2 Å². The molecular weight excluding hydrogens is 420 g/mol. The van der Waals surface area contributed by atoms with Gasteiger partial charge in [-0.15, -0.1) is 0 Å². The molecule has 2 aromatic rings. The number of nitrogens with one attached hydrogen (secondary N) is 2. The maximum atomic E-state index is 12.7. The van der Waals surface area contributed by atoms with Gasteiger partial charge in [-0.25, -0.2) is 4.79 Å². The fraction of sp³-hybridized carbons (Fsp3) is 0.423. The standard InChI is InChI=1S/C26H30N2O5/c1-26(2,24(31)28-17-12-11-16(13-17)23(29)30)15-27-25(32)33-14-22-20-9-5-3-7-18(20)19-8-4-6-10-21(19)22/h3-10,16-17,22H,11-15H2,1-2H3,(H,27,32)(H,28,31)(H,29,30)/t16-,17+/m1/s1. The molecule has 0 spiro atoms. The van der Waals surface area contributed by atoms with Gasteiger partial charge in [0, 0.05) is 18.5 Å². The monoisotopic (exact) mass is 450 g/mol. The van der Waals surface area contributed by atoms with Crippen LogP contribution in [0, 0.1) is 11.3 Å². The van der Waals surface area contributed by atoms with E-state index in [0.717, 1.165) is 22.3 Å². The Morgan fingerprint density at radius 3 is 2.18 bits per heavy atom. The number of rotatable bonds is 7. The van der Waals surface area contributed by atoms with Crippen LogP contribution in [0.4, 0.5) is 4.79 Å². The van der Waals surface area contributed by atoms with Gasteiger partial charge in [-0.05, 0) is 55.4 Å². The summed E-state index contributed by atoms with van der Waals surface area (Å²) in [6.45, 7) is 3.82. The van der Waals surface area contributed by atoms with E-state index in [1.54, 1.807) is 13.8 Å². The molecule has 0 unspecified atom stereocenters. The number of carbonyl (C=O) groups excluding carboxylic acids is 2. The zero-order valence-corrected chi connectivity index (χ0v) is 19.0. The van der Waals surface area contributed by atoms with Crippen molar-refractivity contribution in [3.05, 3.63) is 59.7 Å². The van der Waals surface area contributed by atoms with Gasteiger partial charge in [0.25, 0.3) is 0 Å². The Labute approximate surface area is 193 Å². The molecule has 2 aromatic carbocycles. The fourth-order valence-corrected chi connectivity index (χ4v) is 4.74. The van der Waals surface area contributed by atoms with E-state index in [1.807, 2.05) is 24.3 Å². The summed E-state index contributed by atoms with van der Waals surface area (Å²) in [6, 6.07) is 16.1. The molecule has 0 aliphatic heterocycles. The molecule has 7 heteroatoms. The minimum atomic E-state index is -0.854. The number of carboxylic acid groups (broad SMARTS) is 1. The van der Waals surface area contributed by atoms with Crippen molar-refractivity contribution in [1.29, 1.82) is 0 Å². The third-order valence-electron chi connectivity index (χ3n) is 6.75. The molecule has 1 fully saturated rings. The number of amides is 2. The van der Waals surface area contributed by atoms with Crippen LogP contribution >= 0.6 is 0 Å². The first-order chi connectivity index (χ1) is 15.8. The molecule has 2 aliphatic rings. The summed E-state index contributed by atoms with van der Waals surface area (Å²) in [5.41, 5.74) is 3.76. The number of alkyl carbamates (subject to hydrolysis) is 1. The molecule has 2 aliphatic carbocycles.